The lowest BCUT2D eigenvalue weighted by Crippen LogP contribution is -2.40. The van der Waals surface area contributed by atoms with Crippen molar-refractivity contribution in [1.29, 1.82) is 0 Å². The highest BCUT2D eigenvalue weighted by Crippen LogP contribution is 2.19. The van der Waals surface area contributed by atoms with Crippen LogP contribution in [-0.2, 0) is 18.3 Å². The van der Waals surface area contributed by atoms with E-state index in [0.29, 0.717) is 6.54 Å². The fourth-order valence-electron chi connectivity index (χ4n) is 1.64. The zero-order valence-corrected chi connectivity index (χ0v) is 14.1. The first-order chi connectivity index (χ1) is 9.10. The van der Waals surface area contributed by atoms with Crippen molar-refractivity contribution in [3.05, 3.63) is 16.4 Å². The zero-order valence-electron chi connectivity index (χ0n) is 12.6. The normalized spacial score (nSPS) is 13.2. The standard InChI is InChI=1S/C13H22BrN3O3/c1-9(18)7-17(12(19)20-13(2,3)4)8-11-10(14)6-15-16(11)5/h6,9,18H,7-8H2,1-5H3/t9-/m0/s1. The monoisotopic (exact) mass is 347 g/mol. The van der Waals surface area contributed by atoms with Gasteiger partial charge in [-0.1, -0.05) is 0 Å². The maximum Gasteiger partial charge on any atom is 0.410 e. The number of aliphatic hydroxyl groups excluding tert-OH is 1. The van der Waals surface area contributed by atoms with E-state index >= 15 is 0 Å². The number of nitrogens with zero attached hydrogens (tertiary/aromatic N) is 3. The molecule has 114 valence electrons. The third-order valence-corrected chi connectivity index (χ3v) is 3.15. The Labute approximate surface area is 127 Å². The predicted molar refractivity (Wildman–Crippen MR) is 79.2 cm³/mol. The number of ether oxygens (including phenoxy) is 1. The van der Waals surface area contributed by atoms with Crippen LogP contribution in [0.4, 0.5) is 4.79 Å². The second kappa shape index (κ2) is 6.58. The minimum Gasteiger partial charge on any atom is -0.444 e. The van der Waals surface area contributed by atoms with Crippen molar-refractivity contribution in [3.63, 3.8) is 0 Å². The maximum absolute atomic E-state index is 12.2. The molecule has 0 aliphatic heterocycles. The maximum atomic E-state index is 12.2. The van der Waals surface area contributed by atoms with Gasteiger partial charge in [-0.2, -0.15) is 5.10 Å². The van der Waals surface area contributed by atoms with Crippen LogP contribution in [0.1, 0.15) is 33.4 Å². The van der Waals surface area contributed by atoms with Gasteiger partial charge < -0.3 is 9.84 Å². The van der Waals surface area contributed by atoms with Crippen LogP contribution in [0.3, 0.4) is 0 Å². The van der Waals surface area contributed by atoms with Crippen molar-refractivity contribution in [3.8, 4) is 0 Å². The first kappa shape index (κ1) is 17.0. The molecule has 0 saturated carbocycles. The summed E-state index contributed by atoms with van der Waals surface area (Å²) >= 11 is 3.40. The van der Waals surface area contributed by atoms with E-state index in [4.69, 9.17) is 4.74 Å². The Morgan fingerprint density at radius 1 is 1.60 bits per heavy atom. The Balaban J connectivity index is 2.87. The van der Waals surface area contributed by atoms with Gasteiger partial charge in [0.05, 0.1) is 35.6 Å². The van der Waals surface area contributed by atoms with Gasteiger partial charge >= 0.3 is 6.09 Å². The van der Waals surface area contributed by atoms with E-state index in [1.165, 1.54) is 4.90 Å². The second-order valence-corrected chi connectivity index (χ2v) is 6.63. The average molecular weight is 348 g/mol. The molecule has 0 aliphatic rings. The number of rotatable bonds is 4. The molecule has 1 atom stereocenters. The van der Waals surface area contributed by atoms with Gasteiger partial charge in [0.2, 0.25) is 0 Å². The summed E-state index contributed by atoms with van der Waals surface area (Å²) in [5.41, 5.74) is 0.272. The molecule has 1 aromatic rings. The molecule has 6 nitrogen and oxygen atoms in total. The smallest absolute Gasteiger partial charge is 0.410 e. The molecule has 0 radical (unpaired) electrons. The van der Waals surface area contributed by atoms with E-state index in [9.17, 15) is 9.90 Å². The second-order valence-electron chi connectivity index (χ2n) is 5.77. The van der Waals surface area contributed by atoms with E-state index in [1.807, 2.05) is 20.8 Å². The Hall–Kier alpha value is -1.08. The van der Waals surface area contributed by atoms with Crippen LogP contribution in [0.2, 0.25) is 0 Å². The van der Waals surface area contributed by atoms with Gasteiger partial charge in [0, 0.05) is 7.05 Å². The molecule has 0 bridgehead atoms. The lowest BCUT2D eigenvalue weighted by molar-refractivity contribution is 0.0137. The first-order valence-electron chi connectivity index (χ1n) is 6.42. The van der Waals surface area contributed by atoms with Crippen LogP contribution in [0.15, 0.2) is 10.7 Å². The van der Waals surface area contributed by atoms with Crippen LogP contribution in [0, 0.1) is 0 Å². The Morgan fingerprint density at radius 3 is 2.60 bits per heavy atom. The largest absolute Gasteiger partial charge is 0.444 e. The van der Waals surface area contributed by atoms with Crippen molar-refractivity contribution in [2.75, 3.05) is 6.54 Å². The molecule has 0 unspecified atom stereocenters. The van der Waals surface area contributed by atoms with Crippen molar-refractivity contribution in [2.24, 2.45) is 7.05 Å². The summed E-state index contributed by atoms with van der Waals surface area (Å²) in [6.07, 6.45) is 0.589. The zero-order chi connectivity index (χ0) is 15.5. The molecular weight excluding hydrogens is 326 g/mol. The van der Waals surface area contributed by atoms with Crippen molar-refractivity contribution in [1.82, 2.24) is 14.7 Å². The topological polar surface area (TPSA) is 67.6 Å². The van der Waals surface area contributed by atoms with Crippen LogP contribution in [0.25, 0.3) is 0 Å². The SMILES string of the molecule is C[C@H](O)CN(Cc1c(Br)cnn1C)C(=O)OC(C)(C)C. The molecule has 1 amide bonds. The number of carbonyl (C=O) groups is 1. The third kappa shape index (κ3) is 5.13. The minimum atomic E-state index is -0.630. The molecule has 0 spiro atoms. The number of halogens is 1. The lowest BCUT2D eigenvalue weighted by Gasteiger charge is -2.28. The van der Waals surface area contributed by atoms with Crippen LogP contribution < -0.4 is 0 Å². The van der Waals surface area contributed by atoms with Crippen LogP contribution in [0.5, 0.6) is 0 Å². The number of hydrogen-bond acceptors (Lipinski definition) is 4. The highest BCUT2D eigenvalue weighted by molar-refractivity contribution is 9.10. The summed E-state index contributed by atoms with van der Waals surface area (Å²) in [5.74, 6) is 0. The fraction of sp³-hybridized carbons (Fsp3) is 0.692. The number of amides is 1. The molecule has 0 fully saturated rings. The van der Waals surface area contributed by atoms with Crippen LogP contribution in [-0.4, -0.2) is 44.1 Å². The van der Waals surface area contributed by atoms with Gasteiger partial charge in [0.15, 0.2) is 0 Å². The number of hydrogen-bond donors (Lipinski definition) is 1. The fourth-order valence-corrected chi connectivity index (χ4v) is 2.12. The molecule has 1 rings (SSSR count). The van der Waals surface area contributed by atoms with Gasteiger partial charge in [-0.3, -0.25) is 9.58 Å². The molecule has 1 aromatic heterocycles. The van der Waals surface area contributed by atoms with E-state index in [0.717, 1.165) is 10.2 Å². The molecule has 0 saturated heterocycles. The highest BCUT2D eigenvalue weighted by Gasteiger charge is 2.24. The van der Waals surface area contributed by atoms with Gasteiger partial charge in [-0.25, -0.2) is 4.79 Å². The summed E-state index contributed by atoms with van der Waals surface area (Å²) < 4.78 is 7.86. The predicted octanol–water partition coefficient (Wildman–Crippen LogP) is 2.30. The molecular formula is C13H22BrN3O3. The Bertz CT molecular complexity index is 446. The summed E-state index contributed by atoms with van der Waals surface area (Å²) in [4.78, 5) is 13.7. The lowest BCUT2D eigenvalue weighted by atomic mass is 10.2. The van der Waals surface area contributed by atoms with Crippen LogP contribution >= 0.6 is 15.9 Å². The van der Waals surface area contributed by atoms with E-state index in [2.05, 4.69) is 21.0 Å². The van der Waals surface area contributed by atoms with Crippen molar-refractivity contribution in [2.45, 2.75) is 45.9 Å². The molecule has 0 aromatic carbocycles. The Morgan fingerprint density at radius 2 is 2.20 bits per heavy atom. The van der Waals surface area contributed by atoms with Gasteiger partial charge in [-0.15, -0.1) is 0 Å². The van der Waals surface area contributed by atoms with Gasteiger partial charge in [0.1, 0.15) is 5.60 Å². The molecule has 1 N–H and O–H groups in total. The number of aromatic nitrogens is 2. The molecule has 1 heterocycles. The van der Waals surface area contributed by atoms with E-state index in [1.54, 1.807) is 24.9 Å². The number of aryl methyl sites for hydroxylation is 1. The molecule has 7 heteroatoms. The molecule has 0 aliphatic carbocycles. The number of aliphatic hydroxyl groups is 1. The first-order valence-corrected chi connectivity index (χ1v) is 7.22. The minimum absolute atomic E-state index is 0.201. The summed E-state index contributed by atoms with van der Waals surface area (Å²) in [5, 5.41) is 13.7. The van der Waals surface area contributed by atoms with Crippen molar-refractivity contribution < 1.29 is 14.6 Å². The van der Waals surface area contributed by atoms with E-state index in [-0.39, 0.29) is 6.54 Å². The summed E-state index contributed by atoms with van der Waals surface area (Å²) in [6.45, 7) is 7.58. The highest BCUT2D eigenvalue weighted by atomic mass is 79.9. The van der Waals surface area contributed by atoms with Crippen molar-refractivity contribution >= 4 is 22.0 Å². The molecule has 20 heavy (non-hydrogen) atoms. The average Bonchev–Trinajstić information content (AvgIpc) is 2.56. The summed E-state index contributed by atoms with van der Waals surface area (Å²) in [7, 11) is 1.80. The van der Waals surface area contributed by atoms with Gasteiger partial charge in [0.25, 0.3) is 0 Å². The summed E-state index contributed by atoms with van der Waals surface area (Å²) in [6, 6.07) is 0. The Kier molecular flexibility index (Phi) is 5.59. The number of carbonyl (C=O) groups excluding carboxylic acids is 1. The quantitative estimate of drug-likeness (QED) is 0.907. The van der Waals surface area contributed by atoms with E-state index < -0.39 is 17.8 Å². The third-order valence-electron chi connectivity index (χ3n) is 2.49. The van der Waals surface area contributed by atoms with Gasteiger partial charge in [-0.05, 0) is 43.6 Å².